The number of anilines is 1. The van der Waals surface area contributed by atoms with Crippen LogP contribution in [0.3, 0.4) is 0 Å². The molecule has 0 atom stereocenters. The molecule has 5 heteroatoms. The number of carbonyl (C=O) groups is 1. The molecule has 0 spiro atoms. The van der Waals surface area contributed by atoms with Crippen LogP contribution in [-0.2, 0) is 0 Å². The smallest absolute Gasteiger partial charge is 0.265 e. The highest BCUT2D eigenvalue weighted by Crippen LogP contribution is 2.24. The van der Waals surface area contributed by atoms with Crippen LogP contribution in [0.4, 0.5) is 5.69 Å². The molecule has 21 heavy (non-hydrogen) atoms. The van der Waals surface area contributed by atoms with E-state index in [0.717, 1.165) is 10.4 Å². The molecule has 2 N–H and O–H groups in total. The van der Waals surface area contributed by atoms with Gasteiger partial charge < -0.3 is 10.4 Å². The predicted molar refractivity (Wildman–Crippen MR) is 87.0 cm³/mol. The Labute approximate surface area is 132 Å². The first-order valence-corrected chi connectivity index (χ1v) is 7.56. The molecule has 1 aromatic carbocycles. The van der Waals surface area contributed by atoms with Crippen LogP contribution < -0.4 is 5.32 Å². The van der Waals surface area contributed by atoms with E-state index in [4.69, 9.17) is 16.7 Å². The van der Waals surface area contributed by atoms with Gasteiger partial charge in [-0.3, -0.25) is 4.79 Å². The Kier molecular flexibility index (Phi) is 5.40. The second kappa shape index (κ2) is 7.28. The topological polar surface area (TPSA) is 49.3 Å². The standard InChI is InChI=1S/C16H14ClNO2S/c1-11-5-7-13(17)14(10-11)18-16(20)15-8-6-12(21-15)4-2-3-9-19/h5-8,10,19H,3,9H2,1H3,(H,18,20). The van der Waals surface area contributed by atoms with Gasteiger partial charge in [0.15, 0.2) is 0 Å². The number of hydrogen-bond donors (Lipinski definition) is 2. The molecule has 0 aliphatic carbocycles. The van der Waals surface area contributed by atoms with Crippen molar-refractivity contribution >= 4 is 34.5 Å². The van der Waals surface area contributed by atoms with Gasteiger partial charge in [0.1, 0.15) is 0 Å². The van der Waals surface area contributed by atoms with Crippen molar-refractivity contribution in [1.29, 1.82) is 0 Å². The zero-order valence-electron chi connectivity index (χ0n) is 11.4. The average Bonchev–Trinajstić information content (AvgIpc) is 2.92. The van der Waals surface area contributed by atoms with E-state index in [-0.39, 0.29) is 12.5 Å². The van der Waals surface area contributed by atoms with Crippen LogP contribution in [-0.4, -0.2) is 17.6 Å². The summed E-state index contributed by atoms with van der Waals surface area (Å²) >= 11 is 7.37. The minimum Gasteiger partial charge on any atom is -0.395 e. The lowest BCUT2D eigenvalue weighted by Crippen LogP contribution is -2.10. The number of carbonyl (C=O) groups excluding carboxylic acids is 1. The highest BCUT2D eigenvalue weighted by molar-refractivity contribution is 7.14. The van der Waals surface area contributed by atoms with Gasteiger partial charge in [-0.15, -0.1) is 11.3 Å². The zero-order chi connectivity index (χ0) is 15.2. The molecule has 0 saturated heterocycles. The Bertz CT molecular complexity index is 713. The molecule has 0 aliphatic heterocycles. The number of thiophene rings is 1. The number of halogens is 1. The maximum Gasteiger partial charge on any atom is 0.265 e. The van der Waals surface area contributed by atoms with Crippen molar-refractivity contribution in [3.8, 4) is 11.8 Å². The van der Waals surface area contributed by atoms with Gasteiger partial charge in [0.2, 0.25) is 0 Å². The monoisotopic (exact) mass is 319 g/mol. The summed E-state index contributed by atoms with van der Waals surface area (Å²) in [6.45, 7) is 1.98. The second-order valence-corrected chi connectivity index (χ2v) is 5.87. The average molecular weight is 320 g/mol. The SMILES string of the molecule is Cc1ccc(Cl)c(NC(=O)c2ccc(C#CCCO)s2)c1. The van der Waals surface area contributed by atoms with Crippen molar-refractivity contribution in [2.75, 3.05) is 11.9 Å². The summed E-state index contributed by atoms with van der Waals surface area (Å²) in [5, 5.41) is 12.0. The maximum absolute atomic E-state index is 12.2. The number of aryl methyl sites for hydroxylation is 1. The van der Waals surface area contributed by atoms with Gasteiger partial charge in [-0.2, -0.15) is 0 Å². The van der Waals surface area contributed by atoms with Gasteiger partial charge in [0.05, 0.1) is 27.1 Å². The van der Waals surface area contributed by atoms with E-state index in [0.29, 0.717) is 22.0 Å². The predicted octanol–water partition coefficient (Wildman–Crippen LogP) is 3.70. The van der Waals surface area contributed by atoms with Gasteiger partial charge in [-0.25, -0.2) is 0 Å². The zero-order valence-corrected chi connectivity index (χ0v) is 13.0. The first kappa shape index (κ1) is 15.6. The lowest BCUT2D eigenvalue weighted by molar-refractivity contribution is 0.103. The van der Waals surface area contributed by atoms with Gasteiger partial charge in [0, 0.05) is 6.42 Å². The summed E-state index contributed by atoms with van der Waals surface area (Å²) in [7, 11) is 0. The van der Waals surface area contributed by atoms with Crippen LogP contribution in [0.2, 0.25) is 5.02 Å². The van der Waals surface area contributed by atoms with Crippen LogP contribution in [0.1, 0.15) is 26.5 Å². The maximum atomic E-state index is 12.2. The van der Waals surface area contributed by atoms with E-state index < -0.39 is 0 Å². The quantitative estimate of drug-likeness (QED) is 0.848. The van der Waals surface area contributed by atoms with Crippen LogP contribution in [0.25, 0.3) is 0 Å². The highest BCUT2D eigenvalue weighted by Gasteiger charge is 2.11. The van der Waals surface area contributed by atoms with Crippen LogP contribution in [0.5, 0.6) is 0 Å². The fourth-order valence-electron chi connectivity index (χ4n) is 1.65. The Morgan fingerprint density at radius 1 is 1.38 bits per heavy atom. The van der Waals surface area contributed by atoms with Crippen molar-refractivity contribution in [2.24, 2.45) is 0 Å². The molecule has 3 nitrogen and oxygen atoms in total. The number of benzene rings is 1. The van der Waals surface area contributed by atoms with Crippen LogP contribution in [0.15, 0.2) is 30.3 Å². The molecule has 0 saturated carbocycles. The number of hydrogen-bond acceptors (Lipinski definition) is 3. The van der Waals surface area contributed by atoms with Crippen molar-refractivity contribution in [2.45, 2.75) is 13.3 Å². The summed E-state index contributed by atoms with van der Waals surface area (Å²) in [6, 6.07) is 9.00. The van der Waals surface area contributed by atoms with Crippen molar-refractivity contribution in [3.63, 3.8) is 0 Å². The minimum atomic E-state index is -0.206. The molecule has 108 valence electrons. The number of aliphatic hydroxyl groups excluding tert-OH is 1. The molecule has 0 radical (unpaired) electrons. The molecule has 1 aromatic heterocycles. The Balaban J connectivity index is 2.11. The Hall–Kier alpha value is -1.80. The summed E-state index contributed by atoms with van der Waals surface area (Å²) in [5.41, 5.74) is 1.62. The fourth-order valence-corrected chi connectivity index (χ4v) is 2.59. The molecule has 0 unspecified atom stereocenters. The second-order valence-electron chi connectivity index (χ2n) is 4.38. The van der Waals surface area contributed by atoms with Gasteiger partial charge in [0.25, 0.3) is 5.91 Å². The number of aliphatic hydroxyl groups is 1. The van der Waals surface area contributed by atoms with Gasteiger partial charge in [-0.05, 0) is 36.8 Å². The summed E-state index contributed by atoms with van der Waals surface area (Å²) in [4.78, 5) is 13.5. The third-order valence-corrected chi connectivity index (χ3v) is 3.98. The van der Waals surface area contributed by atoms with E-state index in [1.165, 1.54) is 11.3 Å². The summed E-state index contributed by atoms with van der Waals surface area (Å²) in [5.74, 6) is 5.53. The van der Waals surface area contributed by atoms with E-state index in [2.05, 4.69) is 17.2 Å². The van der Waals surface area contributed by atoms with E-state index in [9.17, 15) is 4.79 Å². The summed E-state index contributed by atoms with van der Waals surface area (Å²) < 4.78 is 0. The molecule has 1 heterocycles. The van der Waals surface area contributed by atoms with Gasteiger partial charge >= 0.3 is 0 Å². The van der Waals surface area contributed by atoms with Crippen molar-refractivity contribution in [3.05, 3.63) is 50.7 Å². The lowest BCUT2D eigenvalue weighted by Gasteiger charge is -2.06. The molecule has 2 rings (SSSR count). The van der Waals surface area contributed by atoms with Crippen LogP contribution >= 0.6 is 22.9 Å². The first-order valence-electron chi connectivity index (χ1n) is 6.37. The normalized spacial score (nSPS) is 9.86. The third-order valence-electron chi connectivity index (χ3n) is 2.65. The van der Waals surface area contributed by atoms with Crippen molar-refractivity contribution in [1.82, 2.24) is 0 Å². The van der Waals surface area contributed by atoms with E-state index >= 15 is 0 Å². The van der Waals surface area contributed by atoms with E-state index in [1.807, 2.05) is 19.1 Å². The number of nitrogens with one attached hydrogen (secondary N) is 1. The molecule has 2 aromatic rings. The minimum absolute atomic E-state index is 0.0393. The number of rotatable bonds is 3. The molecular formula is C16H14ClNO2S. The molecule has 1 amide bonds. The fraction of sp³-hybridized carbons (Fsp3) is 0.188. The lowest BCUT2D eigenvalue weighted by atomic mass is 10.2. The summed E-state index contributed by atoms with van der Waals surface area (Å²) in [6.07, 6.45) is 0.429. The largest absolute Gasteiger partial charge is 0.395 e. The molecule has 0 aliphatic rings. The van der Waals surface area contributed by atoms with Crippen molar-refractivity contribution < 1.29 is 9.90 Å². The molecular weight excluding hydrogens is 306 g/mol. The highest BCUT2D eigenvalue weighted by atomic mass is 35.5. The van der Waals surface area contributed by atoms with Gasteiger partial charge in [-0.1, -0.05) is 29.5 Å². The van der Waals surface area contributed by atoms with Crippen LogP contribution in [0, 0.1) is 18.8 Å². The Morgan fingerprint density at radius 3 is 2.95 bits per heavy atom. The Morgan fingerprint density at radius 2 is 2.19 bits per heavy atom. The molecule has 0 bridgehead atoms. The third kappa shape index (κ3) is 4.33. The number of amides is 1. The first-order chi connectivity index (χ1) is 10.1. The molecule has 0 fully saturated rings. The van der Waals surface area contributed by atoms with E-state index in [1.54, 1.807) is 18.2 Å².